The molecule has 0 aromatic carbocycles. The number of halogens is 1. The summed E-state index contributed by atoms with van der Waals surface area (Å²) in [5.74, 6) is 0. The molecule has 4 N–H and O–H groups in total. The number of ether oxygens (including phenoxy) is 1. The molecule has 0 saturated carbocycles. The zero-order chi connectivity index (χ0) is 14.4. The van der Waals surface area contributed by atoms with E-state index in [0.29, 0.717) is 0 Å². The monoisotopic (exact) mass is 324 g/mol. The quantitative estimate of drug-likeness (QED) is 0.467. The topological polar surface area (TPSA) is 152 Å². The van der Waals surface area contributed by atoms with Crippen LogP contribution >= 0.6 is 15.6 Å². The van der Waals surface area contributed by atoms with Gasteiger partial charge in [0.05, 0.1) is 6.61 Å². The molecule has 2 fully saturated rings. The van der Waals surface area contributed by atoms with Gasteiger partial charge in [0, 0.05) is 0 Å². The molecule has 1 unspecified atom stereocenters. The van der Waals surface area contributed by atoms with Gasteiger partial charge in [-0.2, -0.15) is 4.31 Å². The molecule has 112 valence electrons. The number of aliphatic hydroxyl groups excluding tert-OH is 2. The molecule has 2 rings (SSSR count). The van der Waals surface area contributed by atoms with Gasteiger partial charge < -0.3 is 24.7 Å². The molecule has 2 heterocycles. The maximum atomic E-state index is 13.5. The molecular weight excluding hydrogens is 313 g/mol. The Balaban J connectivity index is 2.22. The third kappa shape index (κ3) is 3.40. The number of fused-ring (bicyclic) bond motifs is 2. The van der Waals surface area contributed by atoms with Gasteiger partial charge in [-0.05, 0) is 0 Å². The second-order valence-electron chi connectivity index (χ2n) is 3.89. The molecule has 2 aliphatic heterocycles. The summed E-state index contributed by atoms with van der Waals surface area (Å²) in [7, 11) is -9.98. The molecular formula is C6H11FO10P2. The summed E-state index contributed by atoms with van der Waals surface area (Å²) in [6.45, 7) is -0.737. The van der Waals surface area contributed by atoms with E-state index in [1.54, 1.807) is 0 Å². The van der Waals surface area contributed by atoms with Crippen LogP contribution < -0.4 is 0 Å². The van der Waals surface area contributed by atoms with Crippen molar-refractivity contribution in [2.24, 2.45) is 0 Å². The third-order valence-electron chi connectivity index (χ3n) is 2.46. The summed E-state index contributed by atoms with van der Waals surface area (Å²) >= 11 is 0. The first-order valence-corrected chi connectivity index (χ1v) is 7.96. The fourth-order valence-corrected chi connectivity index (χ4v) is 3.81. The van der Waals surface area contributed by atoms with Crippen molar-refractivity contribution in [1.29, 1.82) is 0 Å². The van der Waals surface area contributed by atoms with Crippen molar-refractivity contribution in [3.63, 3.8) is 0 Å². The largest absolute Gasteiger partial charge is 0.486 e. The van der Waals surface area contributed by atoms with E-state index in [2.05, 4.69) is 13.4 Å². The summed E-state index contributed by atoms with van der Waals surface area (Å²) < 4.78 is 53.6. The Morgan fingerprint density at radius 3 is 2.53 bits per heavy atom. The van der Waals surface area contributed by atoms with Crippen LogP contribution in [0.2, 0.25) is 0 Å². The van der Waals surface area contributed by atoms with Crippen molar-refractivity contribution < 1.29 is 51.6 Å². The van der Waals surface area contributed by atoms with Gasteiger partial charge in [-0.1, -0.05) is 0 Å². The summed E-state index contributed by atoms with van der Waals surface area (Å²) in [6, 6.07) is 0. The zero-order valence-electron chi connectivity index (χ0n) is 9.10. The number of alkyl halides is 1. The normalized spacial score (nSPS) is 47.7. The fraction of sp³-hybridized carbons (Fsp3) is 1.00. The third-order valence-corrected chi connectivity index (χ3v) is 5.04. The molecule has 0 spiro atoms. The Bertz CT molecular complexity index is 436. The lowest BCUT2D eigenvalue weighted by Crippen LogP contribution is -2.56. The summed E-state index contributed by atoms with van der Waals surface area (Å²) in [4.78, 5) is 17.1. The van der Waals surface area contributed by atoms with Gasteiger partial charge in [0.25, 0.3) is 0 Å². The second kappa shape index (κ2) is 5.12. The lowest BCUT2D eigenvalue weighted by Gasteiger charge is -2.36. The Morgan fingerprint density at radius 2 is 1.95 bits per heavy atom. The molecule has 0 aromatic rings. The first-order chi connectivity index (χ1) is 8.61. The van der Waals surface area contributed by atoms with Crippen molar-refractivity contribution in [2.75, 3.05) is 6.61 Å². The van der Waals surface area contributed by atoms with E-state index in [4.69, 9.17) is 14.5 Å². The first-order valence-electron chi connectivity index (χ1n) is 4.97. The fourth-order valence-electron chi connectivity index (χ4n) is 1.61. The summed E-state index contributed by atoms with van der Waals surface area (Å²) in [6.07, 6.45) is -9.06. The number of rotatable bonds is 2. The van der Waals surface area contributed by atoms with Crippen LogP contribution in [0, 0.1) is 0 Å². The van der Waals surface area contributed by atoms with E-state index in [9.17, 15) is 23.7 Å². The van der Waals surface area contributed by atoms with E-state index in [1.165, 1.54) is 0 Å². The van der Waals surface area contributed by atoms with E-state index in [1.807, 2.05) is 0 Å². The molecule has 0 aliphatic carbocycles. The van der Waals surface area contributed by atoms with Gasteiger partial charge in [0.2, 0.25) is 0 Å². The molecule has 19 heavy (non-hydrogen) atoms. The van der Waals surface area contributed by atoms with Gasteiger partial charge in [-0.15, -0.1) is 0 Å². The average Bonchev–Trinajstić information content (AvgIpc) is 2.40. The number of phosphoric acid groups is 2. The van der Waals surface area contributed by atoms with Crippen LogP contribution in [-0.4, -0.2) is 57.4 Å². The summed E-state index contributed by atoms with van der Waals surface area (Å²) in [5.41, 5.74) is 0. The second-order valence-corrected chi connectivity index (χ2v) is 6.89. The lowest BCUT2D eigenvalue weighted by molar-refractivity contribution is -0.255. The van der Waals surface area contributed by atoms with Crippen LogP contribution in [-0.2, 0) is 27.2 Å². The number of phosphoric ester groups is 1. The van der Waals surface area contributed by atoms with Crippen LogP contribution in [0.3, 0.4) is 0 Å². The molecule has 2 aliphatic rings. The van der Waals surface area contributed by atoms with Gasteiger partial charge >= 0.3 is 15.6 Å². The molecule has 0 radical (unpaired) electrons. The standard InChI is InChI=1S/C6H11FO10P2/c7-3-2-1-14-19(13,17-18(10,11)12)16-6(15-2)5(9)4(3)8/h2-6,8-9H,1H2,(H2,10,11,12)/t2-,3-,4+,5-,6-,19?/m1/s1. The highest BCUT2D eigenvalue weighted by atomic mass is 31.3. The number of hydrogen-bond donors (Lipinski definition) is 4. The van der Waals surface area contributed by atoms with Crippen molar-refractivity contribution in [2.45, 2.75) is 30.8 Å². The number of aliphatic hydroxyl groups is 2. The molecule has 2 saturated heterocycles. The van der Waals surface area contributed by atoms with E-state index in [-0.39, 0.29) is 0 Å². The average molecular weight is 324 g/mol. The van der Waals surface area contributed by atoms with Gasteiger partial charge in [0.15, 0.2) is 12.5 Å². The van der Waals surface area contributed by atoms with E-state index in [0.717, 1.165) is 0 Å². The lowest BCUT2D eigenvalue weighted by atomic mass is 10.0. The Labute approximate surface area is 105 Å². The minimum Gasteiger partial charge on any atom is -0.387 e. The molecule has 0 aromatic heterocycles. The predicted molar refractivity (Wildman–Crippen MR) is 53.3 cm³/mol. The number of hydrogen-bond acceptors (Lipinski definition) is 8. The highest BCUT2D eigenvalue weighted by Gasteiger charge is 2.53. The summed E-state index contributed by atoms with van der Waals surface area (Å²) in [5, 5.41) is 18.8. The molecule has 10 nitrogen and oxygen atoms in total. The maximum absolute atomic E-state index is 13.5. The molecule has 0 amide bonds. The van der Waals surface area contributed by atoms with E-state index >= 15 is 0 Å². The minimum atomic E-state index is -5.21. The van der Waals surface area contributed by atoms with Gasteiger partial charge in [-0.25, -0.2) is 13.5 Å². The SMILES string of the molecule is O=P(O)(O)OP1(=O)OC[C@H]2O[C@H](O1)[C@H](O)[C@@H](O)[C@@H]2F. The Hall–Kier alpha value is 0.0700. The molecule has 13 heteroatoms. The highest BCUT2D eigenvalue weighted by Crippen LogP contribution is 2.63. The predicted octanol–water partition coefficient (Wildman–Crippen LogP) is -0.965. The van der Waals surface area contributed by atoms with Gasteiger partial charge in [-0.3, -0.25) is 9.05 Å². The van der Waals surface area contributed by atoms with Crippen molar-refractivity contribution in [1.82, 2.24) is 0 Å². The first kappa shape index (κ1) is 15.5. The Morgan fingerprint density at radius 1 is 1.32 bits per heavy atom. The van der Waals surface area contributed by atoms with Crippen LogP contribution in [0.5, 0.6) is 0 Å². The molecule has 6 atom stereocenters. The van der Waals surface area contributed by atoms with Crippen LogP contribution in [0.4, 0.5) is 4.39 Å². The molecule has 2 bridgehead atoms. The zero-order valence-corrected chi connectivity index (χ0v) is 10.9. The van der Waals surface area contributed by atoms with Gasteiger partial charge in [0.1, 0.15) is 18.3 Å². The minimum absolute atomic E-state index is 0.737. The van der Waals surface area contributed by atoms with E-state index < -0.39 is 53.0 Å². The van der Waals surface area contributed by atoms with Crippen LogP contribution in [0.1, 0.15) is 0 Å². The smallest absolute Gasteiger partial charge is 0.387 e. The highest BCUT2D eigenvalue weighted by molar-refractivity contribution is 7.61. The van der Waals surface area contributed by atoms with Crippen molar-refractivity contribution in [3.05, 3.63) is 0 Å². The van der Waals surface area contributed by atoms with Crippen LogP contribution in [0.15, 0.2) is 0 Å². The van der Waals surface area contributed by atoms with Crippen LogP contribution in [0.25, 0.3) is 0 Å². The van der Waals surface area contributed by atoms with Crippen molar-refractivity contribution in [3.8, 4) is 0 Å². The van der Waals surface area contributed by atoms with Crippen molar-refractivity contribution >= 4 is 15.6 Å². The Kier molecular flexibility index (Phi) is 4.17. The maximum Gasteiger partial charge on any atom is 0.486 e.